The highest BCUT2D eigenvalue weighted by atomic mass is 16.6. The van der Waals surface area contributed by atoms with Crippen LogP contribution in [-0.4, -0.2) is 33.2 Å². The Morgan fingerprint density at radius 2 is 2.25 bits per heavy atom. The first-order chi connectivity index (χ1) is 9.58. The number of carbonyl (C=O) groups is 1. The van der Waals surface area contributed by atoms with E-state index >= 15 is 0 Å². The molecule has 0 aliphatic rings. The van der Waals surface area contributed by atoms with Crippen LogP contribution in [0.25, 0.3) is 0 Å². The van der Waals surface area contributed by atoms with Gasteiger partial charge in [0.05, 0.1) is 12.0 Å². The minimum atomic E-state index is -0.621. The van der Waals surface area contributed by atoms with Gasteiger partial charge in [0.1, 0.15) is 0 Å². The number of aromatic nitrogens is 3. The number of H-pyrrole nitrogens is 1. The molecule has 1 aromatic heterocycles. The number of rotatable bonds is 4. The van der Waals surface area contributed by atoms with Crippen LogP contribution < -0.4 is 15.4 Å². The molecule has 0 unspecified atom stereocenters. The highest BCUT2D eigenvalue weighted by Crippen LogP contribution is 2.17. The quantitative estimate of drug-likeness (QED) is 0.570. The van der Waals surface area contributed by atoms with Crippen molar-refractivity contribution in [3.8, 4) is 6.01 Å². The van der Waals surface area contributed by atoms with Crippen molar-refractivity contribution in [2.75, 3.05) is 17.7 Å². The molecule has 2 aromatic rings. The van der Waals surface area contributed by atoms with Crippen LogP contribution >= 0.6 is 0 Å². The second-order valence-electron chi connectivity index (χ2n) is 3.56. The van der Waals surface area contributed by atoms with Crippen LogP contribution in [0.3, 0.4) is 0 Å². The van der Waals surface area contributed by atoms with Gasteiger partial charge in [-0.2, -0.15) is 4.98 Å². The lowest BCUT2D eigenvalue weighted by atomic mass is 10.3. The van der Waals surface area contributed by atoms with Gasteiger partial charge in [0.2, 0.25) is 5.95 Å². The molecule has 10 nitrogen and oxygen atoms in total. The average molecular weight is 278 g/mol. The summed E-state index contributed by atoms with van der Waals surface area (Å²) < 4.78 is 4.74. The van der Waals surface area contributed by atoms with E-state index in [1.54, 1.807) is 0 Å². The van der Waals surface area contributed by atoms with Crippen molar-refractivity contribution < 1.29 is 14.5 Å². The maximum atomic E-state index is 11.6. The zero-order chi connectivity index (χ0) is 14.5. The Balaban J connectivity index is 2.00. The van der Waals surface area contributed by atoms with Gasteiger partial charge in [0.15, 0.2) is 0 Å². The molecule has 1 heterocycles. The lowest BCUT2D eigenvalue weighted by molar-refractivity contribution is -0.384. The van der Waals surface area contributed by atoms with Gasteiger partial charge in [-0.25, -0.2) is 9.89 Å². The van der Waals surface area contributed by atoms with Gasteiger partial charge < -0.3 is 10.1 Å². The number of non-ortho nitro benzene ring substituents is 1. The predicted octanol–water partition coefficient (Wildman–Crippen LogP) is 1.37. The van der Waals surface area contributed by atoms with Gasteiger partial charge in [0.25, 0.3) is 5.69 Å². The first-order valence-corrected chi connectivity index (χ1v) is 5.37. The van der Waals surface area contributed by atoms with Gasteiger partial charge in [-0.1, -0.05) is 6.07 Å². The third-order valence-electron chi connectivity index (χ3n) is 2.19. The number of anilines is 2. The van der Waals surface area contributed by atoms with Gasteiger partial charge in [-0.15, -0.1) is 5.10 Å². The number of amides is 2. The van der Waals surface area contributed by atoms with Gasteiger partial charge in [-0.3, -0.25) is 15.4 Å². The molecule has 0 saturated carbocycles. The van der Waals surface area contributed by atoms with E-state index in [0.717, 1.165) is 0 Å². The summed E-state index contributed by atoms with van der Waals surface area (Å²) in [6.45, 7) is 0. The molecule has 0 aliphatic heterocycles. The smallest absolute Gasteiger partial charge is 0.336 e. The van der Waals surface area contributed by atoms with Crippen molar-refractivity contribution in [1.82, 2.24) is 15.2 Å². The Morgan fingerprint density at radius 3 is 2.90 bits per heavy atom. The Labute approximate surface area is 112 Å². The summed E-state index contributed by atoms with van der Waals surface area (Å²) in [6, 6.07) is 5.00. The molecule has 0 bridgehead atoms. The summed E-state index contributed by atoms with van der Waals surface area (Å²) in [5.74, 6) is 0.0878. The fourth-order valence-electron chi connectivity index (χ4n) is 1.36. The zero-order valence-electron chi connectivity index (χ0n) is 10.3. The number of methoxy groups -OCH3 is 1. The first-order valence-electron chi connectivity index (χ1n) is 5.37. The SMILES string of the molecule is COc1n[nH]c(NC(=O)Nc2cccc([N+](=O)[O-])c2)n1. The van der Waals surface area contributed by atoms with Crippen LogP contribution in [-0.2, 0) is 0 Å². The summed E-state index contributed by atoms with van der Waals surface area (Å²) in [5.41, 5.74) is 0.160. The summed E-state index contributed by atoms with van der Waals surface area (Å²) in [7, 11) is 1.39. The van der Waals surface area contributed by atoms with Crippen LogP contribution in [0, 0.1) is 10.1 Å². The molecular weight excluding hydrogens is 268 g/mol. The summed E-state index contributed by atoms with van der Waals surface area (Å²) >= 11 is 0. The number of benzene rings is 1. The molecular formula is C10H10N6O4. The number of nitrogens with one attached hydrogen (secondary N) is 3. The van der Waals surface area contributed by atoms with E-state index in [0.29, 0.717) is 0 Å². The highest BCUT2D eigenvalue weighted by molar-refractivity contribution is 5.98. The van der Waals surface area contributed by atoms with E-state index in [9.17, 15) is 14.9 Å². The van der Waals surface area contributed by atoms with Gasteiger partial charge >= 0.3 is 12.0 Å². The minimum Gasteiger partial charge on any atom is -0.466 e. The van der Waals surface area contributed by atoms with Gasteiger partial charge in [-0.05, 0) is 6.07 Å². The Kier molecular flexibility index (Phi) is 3.75. The second kappa shape index (κ2) is 5.65. The number of urea groups is 1. The third-order valence-corrected chi connectivity index (χ3v) is 2.19. The normalized spacial score (nSPS) is 9.85. The fourth-order valence-corrected chi connectivity index (χ4v) is 1.36. The molecule has 104 valence electrons. The number of hydrogen-bond acceptors (Lipinski definition) is 6. The highest BCUT2D eigenvalue weighted by Gasteiger charge is 2.10. The number of nitrogens with zero attached hydrogens (tertiary/aromatic N) is 3. The zero-order valence-corrected chi connectivity index (χ0v) is 10.3. The molecule has 0 aliphatic carbocycles. The Morgan fingerprint density at radius 1 is 1.45 bits per heavy atom. The molecule has 0 radical (unpaired) electrons. The van der Waals surface area contributed by atoms with Crippen molar-refractivity contribution in [3.63, 3.8) is 0 Å². The summed E-state index contributed by atoms with van der Waals surface area (Å²) in [5, 5.41) is 21.5. The van der Waals surface area contributed by atoms with Crippen LogP contribution in [0.2, 0.25) is 0 Å². The molecule has 2 rings (SSSR count). The molecule has 0 fully saturated rings. The van der Waals surface area contributed by atoms with Crippen molar-refractivity contribution in [2.45, 2.75) is 0 Å². The van der Waals surface area contributed by atoms with Crippen LogP contribution in [0.4, 0.5) is 22.1 Å². The lowest BCUT2D eigenvalue weighted by Gasteiger charge is -2.04. The molecule has 3 N–H and O–H groups in total. The van der Waals surface area contributed by atoms with Crippen molar-refractivity contribution in [2.24, 2.45) is 0 Å². The van der Waals surface area contributed by atoms with Crippen molar-refractivity contribution in [3.05, 3.63) is 34.4 Å². The summed E-state index contributed by atoms with van der Waals surface area (Å²) in [4.78, 5) is 25.5. The van der Waals surface area contributed by atoms with E-state index in [4.69, 9.17) is 4.74 Å². The monoisotopic (exact) mass is 278 g/mol. The Bertz CT molecular complexity index is 640. The maximum Gasteiger partial charge on any atom is 0.336 e. The molecule has 2 amide bonds. The molecule has 0 atom stereocenters. The van der Waals surface area contributed by atoms with E-state index in [1.807, 2.05) is 0 Å². The largest absolute Gasteiger partial charge is 0.466 e. The van der Waals surface area contributed by atoms with Gasteiger partial charge in [0, 0.05) is 17.8 Å². The lowest BCUT2D eigenvalue weighted by Crippen LogP contribution is -2.20. The number of nitro benzene ring substituents is 1. The topological polar surface area (TPSA) is 135 Å². The Hall–Kier alpha value is -3.17. The van der Waals surface area contributed by atoms with Crippen LogP contribution in [0.1, 0.15) is 0 Å². The van der Waals surface area contributed by atoms with Crippen molar-refractivity contribution >= 4 is 23.4 Å². The second-order valence-corrected chi connectivity index (χ2v) is 3.56. The van der Waals surface area contributed by atoms with Crippen LogP contribution in [0.15, 0.2) is 24.3 Å². The number of ether oxygens (including phenoxy) is 1. The van der Waals surface area contributed by atoms with E-state index in [1.165, 1.54) is 31.4 Å². The molecule has 1 aromatic carbocycles. The van der Waals surface area contributed by atoms with E-state index in [2.05, 4.69) is 25.8 Å². The number of aromatic amines is 1. The third kappa shape index (κ3) is 3.19. The van der Waals surface area contributed by atoms with E-state index < -0.39 is 11.0 Å². The predicted molar refractivity (Wildman–Crippen MR) is 68.7 cm³/mol. The fraction of sp³-hybridized carbons (Fsp3) is 0.100. The maximum absolute atomic E-state index is 11.6. The summed E-state index contributed by atoms with van der Waals surface area (Å²) in [6.07, 6.45) is 0. The first kappa shape index (κ1) is 13.3. The minimum absolute atomic E-state index is 0.0793. The molecule has 0 spiro atoms. The number of nitro groups is 1. The standard InChI is InChI=1S/C10H10N6O4/c1-20-10-13-8(14-15-10)12-9(17)11-6-3-2-4-7(5-6)16(18)19/h2-5H,1H3,(H3,11,12,13,14,15,17). The van der Waals surface area contributed by atoms with E-state index in [-0.39, 0.29) is 23.3 Å². The average Bonchev–Trinajstić information content (AvgIpc) is 2.86. The molecule has 10 heteroatoms. The molecule has 20 heavy (non-hydrogen) atoms. The number of carbonyl (C=O) groups excluding carboxylic acids is 1. The van der Waals surface area contributed by atoms with Crippen LogP contribution in [0.5, 0.6) is 6.01 Å². The number of hydrogen-bond donors (Lipinski definition) is 3. The molecule has 0 saturated heterocycles. The van der Waals surface area contributed by atoms with Crippen molar-refractivity contribution in [1.29, 1.82) is 0 Å².